The van der Waals surface area contributed by atoms with Crippen LogP contribution in [0.15, 0.2) is 53.5 Å². The first-order chi connectivity index (χ1) is 15.7. The molecule has 2 aromatic carbocycles. The SMILES string of the molecule is CN=C(NCCCOCC1CCOCC1)NCc1ccc(OCc2cccc(F)c2)cc1.I. The van der Waals surface area contributed by atoms with Gasteiger partial charge < -0.3 is 24.8 Å². The fourth-order valence-electron chi connectivity index (χ4n) is 3.45. The summed E-state index contributed by atoms with van der Waals surface area (Å²) in [4.78, 5) is 4.27. The Morgan fingerprint density at radius 3 is 2.61 bits per heavy atom. The largest absolute Gasteiger partial charge is 0.489 e. The van der Waals surface area contributed by atoms with Gasteiger partial charge in [-0.2, -0.15) is 0 Å². The predicted molar refractivity (Wildman–Crippen MR) is 140 cm³/mol. The molecule has 3 rings (SSSR count). The van der Waals surface area contributed by atoms with Gasteiger partial charge in [0.15, 0.2) is 5.96 Å². The van der Waals surface area contributed by atoms with Crippen LogP contribution >= 0.6 is 24.0 Å². The third-order valence-electron chi connectivity index (χ3n) is 5.35. The second-order valence-corrected chi connectivity index (χ2v) is 7.90. The maximum Gasteiger partial charge on any atom is 0.191 e. The number of aliphatic imine (C=N–C) groups is 1. The van der Waals surface area contributed by atoms with E-state index in [0.29, 0.717) is 19.1 Å². The van der Waals surface area contributed by atoms with Gasteiger partial charge in [0.05, 0.1) is 0 Å². The van der Waals surface area contributed by atoms with E-state index in [4.69, 9.17) is 14.2 Å². The summed E-state index contributed by atoms with van der Waals surface area (Å²) in [6.07, 6.45) is 3.14. The molecule has 0 aliphatic carbocycles. The van der Waals surface area contributed by atoms with Gasteiger partial charge in [0.25, 0.3) is 0 Å². The lowest BCUT2D eigenvalue weighted by atomic mass is 10.0. The molecular weight excluding hydrogens is 536 g/mol. The topological polar surface area (TPSA) is 64.1 Å². The summed E-state index contributed by atoms with van der Waals surface area (Å²) in [5.74, 6) is 1.91. The Hall–Kier alpha value is -1.91. The van der Waals surface area contributed by atoms with Crippen LogP contribution in [0.5, 0.6) is 5.75 Å². The number of nitrogens with one attached hydrogen (secondary N) is 2. The molecule has 0 spiro atoms. The average Bonchev–Trinajstić information content (AvgIpc) is 2.83. The second kappa shape index (κ2) is 15.8. The van der Waals surface area contributed by atoms with Crippen molar-refractivity contribution >= 4 is 29.9 Å². The third-order valence-corrected chi connectivity index (χ3v) is 5.35. The lowest BCUT2D eigenvalue weighted by molar-refractivity contribution is 0.0203. The number of guanidine groups is 1. The minimum Gasteiger partial charge on any atom is -0.489 e. The number of hydrogen-bond acceptors (Lipinski definition) is 4. The number of hydrogen-bond donors (Lipinski definition) is 2. The number of halogens is 2. The second-order valence-electron chi connectivity index (χ2n) is 7.90. The zero-order valence-electron chi connectivity index (χ0n) is 19.2. The molecule has 182 valence electrons. The molecule has 1 aliphatic heterocycles. The van der Waals surface area contributed by atoms with Crippen LogP contribution in [0.25, 0.3) is 0 Å². The first kappa shape index (κ1) is 27.3. The highest BCUT2D eigenvalue weighted by molar-refractivity contribution is 14.0. The van der Waals surface area contributed by atoms with Crippen molar-refractivity contribution in [2.75, 3.05) is 40.0 Å². The van der Waals surface area contributed by atoms with Gasteiger partial charge in [0, 0.05) is 46.6 Å². The van der Waals surface area contributed by atoms with Gasteiger partial charge in [-0.3, -0.25) is 4.99 Å². The summed E-state index contributed by atoms with van der Waals surface area (Å²) < 4.78 is 30.1. The molecule has 2 N–H and O–H groups in total. The Morgan fingerprint density at radius 1 is 1.09 bits per heavy atom. The van der Waals surface area contributed by atoms with Gasteiger partial charge in [-0.1, -0.05) is 24.3 Å². The molecule has 0 atom stereocenters. The van der Waals surface area contributed by atoms with Crippen molar-refractivity contribution in [1.82, 2.24) is 10.6 Å². The molecule has 1 heterocycles. The molecule has 0 saturated carbocycles. The van der Waals surface area contributed by atoms with E-state index in [0.717, 1.165) is 75.1 Å². The van der Waals surface area contributed by atoms with Gasteiger partial charge >= 0.3 is 0 Å². The lowest BCUT2D eigenvalue weighted by Crippen LogP contribution is -2.37. The lowest BCUT2D eigenvalue weighted by Gasteiger charge is -2.21. The van der Waals surface area contributed by atoms with Gasteiger partial charge in [-0.15, -0.1) is 24.0 Å². The quantitative estimate of drug-likeness (QED) is 0.180. The van der Waals surface area contributed by atoms with Crippen molar-refractivity contribution in [3.63, 3.8) is 0 Å². The van der Waals surface area contributed by atoms with Crippen LogP contribution < -0.4 is 15.4 Å². The molecule has 0 radical (unpaired) electrons. The van der Waals surface area contributed by atoms with E-state index in [1.165, 1.54) is 12.1 Å². The van der Waals surface area contributed by atoms with E-state index < -0.39 is 0 Å². The number of ether oxygens (including phenoxy) is 3. The van der Waals surface area contributed by atoms with Crippen molar-refractivity contribution in [2.24, 2.45) is 10.9 Å². The first-order valence-electron chi connectivity index (χ1n) is 11.3. The van der Waals surface area contributed by atoms with Gasteiger partial charge in [-0.25, -0.2) is 4.39 Å². The number of rotatable bonds is 11. The van der Waals surface area contributed by atoms with Crippen molar-refractivity contribution < 1.29 is 18.6 Å². The van der Waals surface area contributed by atoms with Crippen LogP contribution in [0.2, 0.25) is 0 Å². The summed E-state index contributed by atoms with van der Waals surface area (Å²) in [7, 11) is 1.76. The molecule has 8 heteroatoms. The van der Waals surface area contributed by atoms with Crippen molar-refractivity contribution in [1.29, 1.82) is 0 Å². The van der Waals surface area contributed by atoms with Gasteiger partial charge in [-0.05, 0) is 60.6 Å². The molecule has 1 saturated heterocycles. The van der Waals surface area contributed by atoms with Crippen molar-refractivity contribution in [3.05, 3.63) is 65.5 Å². The zero-order chi connectivity index (χ0) is 22.4. The van der Waals surface area contributed by atoms with E-state index in [1.807, 2.05) is 30.3 Å². The van der Waals surface area contributed by atoms with Crippen LogP contribution in [0.3, 0.4) is 0 Å². The molecule has 6 nitrogen and oxygen atoms in total. The molecule has 1 aliphatic rings. The highest BCUT2D eigenvalue weighted by atomic mass is 127. The molecular formula is C25H35FIN3O3. The summed E-state index contributed by atoms with van der Waals surface area (Å²) in [5, 5.41) is 6.63. The number of nitrogens with zero attached hydrogens (tertiary/aromatic N) is 1. The minimum absolute atomic E-state index is 0. The van der Waals surface area contributed by atoms with E-state index >= 15 is 0 Å². The van der Waals surface area contributed by atoms with Gasteiger partial charge in [0.1, 0.15) is 18.2 Å². The van der Waals surface area contributed by atoms with Crippen LogP contribution in [0, 0.1) is 11.7 Å². The Balaban J connectivity index is 0.00000385. The summed E-state index contributed by atoms with van der Waals surface area (Å²) in [5.41, 5.74) is 1.92. The zero-order valence-corrected chi connectivity index (χ0v) is 21.6. The molecule has 0 aromatic heterocycles. The smallest absolute Gasteiger partial charge is 0.191 e. The average molecular weight is 571 g/mol. The summed E-state index contributed by atoms with van der Waals surface area (Å²) in [6.45, 7) is 5.11. The number of benzene rings is 2. The molecule has 1 fully saturated rings. The van der Waals surface area contributed by atoms with E-state index in [-0.39, 0.29) is 29.8 Å². The fraction of sp³-hybridized carbons (Fsp3) is 0.480. The fourth-order valence-corrected chi connectivity index (χ4v) is 3.45. The van der Waals surface area contributed by atoms with E-state index in [9.17, 15) is 4.39 Å². The van der Waals surface area contributed by atoms with Crippen molar-refractivity contribution in [2.45, 2.75) is 32.4 Å². The van der Waals surface area contributed by atoms with Gasteiger partial charge in [0.2, 0.25) is 0 Å². The Kier molecular flexibility index (Phi) is 13.1. The molecule has 2 aromatic rings. The van der Waals surface area contributed by atoms with Crippen LogP contribution in [0.4, 0.5) is 4.39 Å². The Labute approximate surface area is 213 Å². The molecule has 33 heavy (non-hydrogen) atoms. The molecule has 0 bridgehead atoms. The summed E-state index contributed by atoms with van der Waals surface area (Å²) >= 11 is 0. The normalized spacial score (nSPS) is 14.4. The molecule has 0 amide bonds. The predicted octanol–water partition coefficient (Wildman–Crippen LogP) is 4.52. The maximum atomic E-state index is 13.2. The first-order valence-corrected chi connectivity index (χ1v) is 11.3. The molecule has 0 unspecified atom stereocenters. The highest BCUT2D eigenvalue weighted by Gasteiger charge is 2.13. The van der Waals surface area contributed by atoms with Crippen LogP contribution in [-0.4, -0.2) is 46.0 Å². The third kappa shape index (κ3) is 10.7. The Morgan fingerprint density at radius 2 is 1.88 bits per heavy atom. The van der Waals surface area contributed by atoms with Crippen molar-refractivity contribution in [3.8, 4) is 5.75 Å². The van der Waals surface area contributed by atoms with Crippen LogP contribution in [-0.2, 0) is 22.6 Å². The monoisotopic (exact) mass is 571 g/mol. The maximum absolute atomic E-state index is 13.2. The summed E-state index contributed by atoms with van der Waals surface area (Å²) in [6, 6.07) is 14.3. The standard InChI is InChI=1S/C25H34FN3O3.HI/c1-27-25(28-12-3-13-31-18-21-10-14-30-15-11-21)29-17-20-6-8-24(9-7-20)32-19-22-4-2-5-23(26)16-22;/h2,4-9,16,21H,3,10-15,17-19H2,1H3,(H2,27,28,29);1H. The Bertz CT molecular complexity index is 830. The minimum atomic E-state index is -0.253. The van der Waals surface area contributed by atoms with E-state index in [2.05, 4.69) is 15.6 Å². The highest BCUT2D eigenvalue weighted by Crippen LogP contribution is 2.15. The van der Waals surface area contributed by atoms with E-state index in [1.54, 1.807) is 13.1 Å². The van der Waals surface area contributed by atoms with Crippen LogP contribution in [0.1, 0.15) is 30.4 Å².